The fourth-order valence-electron chi connectivity index (χ4n) is 9.53. The maximum atomic E-state index is 6.17. The normalized spacial score (nSPS) is 13.2. The van der Waals surface area contributed by atoms with E-state index in [1.165, 1.54) is 57.9 Å². The number of benzene rings is 7. The maximum Gasteiger partial charge on any atom is 0.266 e. The predicted octanol–water partition coefficient (Wildman–Crippen LogP) is 13.0. The van der Waals surface area contributed by atoms with Crippen molar-refractivity contribution in [2.45, 2.75) is 0 Å². The predicted molar refractivity (Wildman–Crippen MR) is 242 cm³/mol. The Kier molecular flexibility index (Phi) is 6.53. The molecule has 6 heterocycles. The van der Waals surface area contributed by atoms with Gasteiger partial charge in [0.1, 0.15) is 11.2 Å². The van der Waals surface area contributed by atoms with Crippen LogP contribution in [0.3, 0.4) is 0 Å². The average molecular weight is 765 g/mol. The maximum absolute atomic E-state index is 6.17. The van der Waals surface area contributed by atoms with E-state index >= 15 is 0 Å². The van der Waals surface area contributed by atoms with Crippen LogP contribution in [-0.4, -0.2) is 6.71 Å². The topological polar surface area (TPSA) is 32.8 Å². The first-order valence-corrected chi connectivity index (χ1v) is 20.8. The number of hydrogen-bond donors (Lipinski definition) is 0. The van der Waals surface area contributed by atoms with Gasteiger partial charge in [0.2, 0.25) is 0 Å². The standard InChI is InChI=1S/C50H29BN2O2S2/c1-3-12-30(13-4-1)32-22-24-40-34(26-28-54-40)46(32)52-38-18-11-19-39-45(38)51(49-48(52)37-17-8-10-21-43(37)56-49)44-36-16-7-9-20-42(36)57-50(44)53(39)47-33(31-14-5-2-6-15-31)23-25-41-35(47)27-29-55-41/h1-29H. The highest BCUT2D eigenvalue weighted by molar-refractivity contribution is 7.35. The van der Waals surface area contributed by atoms with Crippen molar-refractivity contribution in [1.29, 1.82) is 0 Å². The summed E-state index contributed by atoms with van der Waals surface area (Å²) >= 11 is 3.81. The van der Waals surface area contributed by atoms with Crippen LogP contribution in [-0.2, 0) is 0 Å². The molecule has 57 heavy (non-hydrogen) atoms. The minimum Gasteiger partial charge on any atom is -0.464 e. The van der Waals surface area contributed by atoms with Crippen LogP contribution in [0.5, 0.6) is 0 Å². The van der Waals surface area contributed by atoms with Crippen LogP contribution in [0.1, 0.15) is 0 Å². The Hall–Kier alpha value is -6.80. The SMILES string of the molecule is c1ccc(-c2ccc3occc3c2N2c3cccc4c3B(c3sc5ccccc5c3N4c3c(-c4ccccc4)ccc4occc34)c3c2sc2ccccc32)cc1. The Balaban J connectivity index is 1.20. The number of rotatable bonds is 4. The van der Waals surface area contributed by atoms with Crippen LogP contribution < -0.4 is 25.5 Å². The van der Waals surface area contributed by atoms with E-state index in [9.17, 15) is 0 Å². The zero-order valence-electron chi connectivity index (χ0n) is 30.3. The fourth-order valence-corrected chi connectivity index (χ4v) is 12.1. The molecule has 0 amide bonds. The van der Waals surface area contributed by atoms with Gasteiger partial charge in [-0.3, -0.25) is 0 Å². The summed E-state index contributed by atoms with van der Waals surface area (Å²) in [6.45, 7) is 0.00899. The lowest BCUT2D eigenvalue weighted by molar-refractivity contribution is 0.615. The van der Waals surface area contributed by atoms with Crippen molar-refractivity contribution in [3.63, 3.8) is 0 Å². The summed E-state index contributed by atoms with van der Waals surface area (Å²) < 4.78 is 16.2. The van der Waals surface area contributed by atoms with Gasteiger partial charge in [0.15, 0.2) is 0 Å². The molecule has 0 N–H and O–H groups in total. The monoisotopic (exact) mass is 764 g/mol. The number of hydrogen-bond acceptors (Lipinski definition) is 6. The van der Waals surface area contributed by atoms with E-state index in [4.69, 9.17) is 8.83 Å². The highest BCUT2D eigenvalue weighted by Gasteiger charge is 2.47. The molecule has 13 rings (SSSR count). The molecule has 0 radical (unpaired) electrons. The van der Waals surface area contributed by atoms with Gasteiger partial charge in [0, 0.05) is 52.8 Å². The molecular formula is C50H29BN2O2S2. The van der Waals surface area contributed by atoms with Crippen LogP contribution in [0, 0.1) is 0 Å². The van der Waals surface area contributed by atoms with Crippen LogP contribution in [0.25, 0.3) is 64.4 Å². The second-order valence-corrected chi connectivity index (χ2v) is 16.9. The first kappa shape index (κ1) is 31.4. The molecule has 2 aliphatic heterocycles. The van der Waals surface area contributed by atoms with Gasteiger partial charge in [0.25, 0.3) is 6.71 Å². The van der Waals surface area contributed by atoms with E-state index in [0.717, 1.165) is 55.6 Å². The average Bonchev–Trinajstić information content (AvgIpc) is 4.09. The summed E-state index contributed by atoms with van der Waals surface area (Å²) in [4.78, 5) is 5.13. The van der Waals surface area contributed by atoms with Gasteiger partial charge in [-0.2, -0.15) is 0 Å². The molecule has 11 aromatic rings. The Bertz CT molecular complexity index is 3400. The minimum atomic E-state index is 0.00899. The van der Waals surface area contributed by atoms with Crippen molar-refractivity contribution in [3.05, 3.63) is 176 Å². The molecule has 2 aliphatic rings. The van der Waals surface area contributed by atoms with Crippen LogP contribution >= 0.6 is 22.7 Å². The van der Waals surface area contributed by atoms with Gasteiger partial charge in [-0.05, 0) is 88.1 Å². The summed E-state index contributed by atoms with van der Waals surface area (Å²) in [6.07, 6.45) is 3.65. The van der Waals surface area contributed by atoms with Crippen molar-refractivity contribution in [1.82, 2.24) is 0 Å². The van der Waals surface area contributed by atoms with Crippen LogP contribution in [0.4, 0.5) is 33.4 Å². The summed E-state index contributed by atoms with van der Waals surface area (Å²) in [5.74, 6) is 0. The highest BCUT2D eigenvalue weighted by atomic mass is 32.1. The highest BCUT2D eigenvalue weighted by Crippen LogP contribution is 2.54. The van der Waals surface area contributed by atoms with E-state index in [1.807, 2.05) is 35.2 Å². The molecule has 0 fully saturated rings. The molecule has 7 heteroatoms. The van der Waals surface area contributed by atoms with Crippen molar-refractivity contribution in [2.75, 3.05) is 9.80 Å². The lowest BCUT2D eigenvalue weighted by atomic mass is 9.36. The second kappa shape index (κ2) is 11.9. The molecule has 0 unspecified atom stereocenters. The summed E-state index contributed by atoms with van der Waals surface area (Å²) in [5, 5.41) is 5.96. The zero-order chi connectivity index (χ0) is 37.2. The van der Waals surface area contributed by atoms with E-state index in [2.05, 4.69) is 174 Å². The van der Waals surface area contributed by atoms with Gasteiger partial charge in [-0.15, -0.1) is 22.7 Å². The van der Waals surface area contributed by atoms with Crippen molar-refractivity contribution in [2.24, 2.45) is 0 Å². The molecule has 0 spiro atoms. The summed E-state index contributed by atoms with van der Waals surface area (Å²) in [6, 6.07) is 59.3. The van der Waals surface area contributed by atoms with E-state index in [1.54, 1.807) is 0 Å². The van der Waals surface area contributed by atoms with Crippen molar-refractivity contribution < 1.29 is 8.83 Å². The number of fused-ring (bicyclic) bond motifs is 10. The van der Waals surface area contributed by atoms with Gasteiger partial charge in [-0.1, -0.05) is 103 Å². The Morgan fingerprint density at radius 1 is 0.404 bits per heavy atom. The number of anilines is 6. The molecule has 0 saturated heterocycles. The number of thiophene rings is 2. The van der Waals surface area contributed by atoms with E-state index in [-0.39, 0.29) is 6.71 Å². The largest absolute Gasteiger partial charge is 0.464 e. The first-order valence-electron chi connectivity index (χ1n) is 19.2. The molecule has 7 aromatic carbocycles. The molecule has 266 valence electrons. The van der Waals surface area contributed by atoms with Crippen LogP contribution in [0.15, 0.2) is 185 Å². The molecule has 0 aliphatic carbocycles. The lowest BCUT2D eigenvalue weighted by Crippen LogP contribution is -2.60. The Morgan fingerprint density at radius 2 is 0.947 bits per heavy atom. The van der Waals surface area contributed by atoms with E-state index in [0.29, 0.717) is 0 Å². The number of furan rings is 2. The summed E-state index contributed by atoms with van der Waals surface area (Å²) in [7, 11) is 0. The third kappa shape index (κ3) is 4.33. The van der Waals surface area contributed by atoms with Crippen LogP contribution in [0.2, 0.25) is 0 Å². The third-order valence-corrected chi connectivity index (χ3v) is 14.2. The summed E-state index contributed by atoms with van der Waals surface area (Å²) in [5.41, 5.74) is 14.9. The fraction of sp³-hybridized carbons (Fsp3) is 0. The second-order valence-electron chi connectivity index (χ2n) is 14.8. The van der Waals surface area contributed by atoms with Crippen molar-refractivity contribution in [3.8, 4) is 22.3 Å². The van der Waals surface area contributed by atoms with Gasteiger partial charge < -0.3 is 18.6 Å². The molecular weight excluding hydrogens is 736 g/mol. The Labute approximate surface area is 336 Å². The third-order valence-electron chi connectivity index (χ3n) is 11.8. The van der Waals surface area contributed by atoms with Gasteiger partial charge in [-0.25, -0.2) is 0 Å². The molecule has 0 saturated carbocycles. The molecule has 0 atom stereocenters. The minimum absolute atomic E-state index is 0.00899. The Morgan fingerprint density at radius 3 is 1.60 bits per heavy atom. The first-order chi connectivity index (χ1) is 28.3. The smallest absolute Gasteiger partial charge is 0.266 e. The molecule has 0 bridgehead atoms. The quantitative estimate of drug-likeness (QED) is 0.167. The van der Waals surface area contributed by atoms with Gasteiger partial charge >= 0.3 is 0 Å². The molecule has 4 nitrogen and oxygen atoms in total. The lowest BCUT2D eigenvalue weighted by Gasteiger charge is -2.43. The number of nitrogens with zero attached hydrogens (tertiary/aromatic N) is 2. The zero-order valence-corrected chi connectivity index (χ0v) is 32.0. The van der Waals surface area contributed by atoms with Crippen molar-refractivity contribution >= 4 is 121 Å². The molecule has 4 aromatic heterocycles. The van der Waals surface area contributed by atoms with Gasteiger partial charge in [0.05, 0.1) is 34.6 Å². The van der Waals surface area contributed by atoms with E-state index < -0.39 is 0 Å².